The van der Waals surface area contributed by atoms with Gasteiger partial charge in [0.05, 0.1) is 13.2 Å². The third-order valence-electron chi connectivity index (χ3n) is 4.45. The molecule has 0 saturated carbocycles. The van der Waals surface area contributed by atoms with Gasteiger partial charge in [-0.05, 0) is 91.8 Å². The number of hydrogen-bond donors (Lipinski definition) is 2. The van der Waals surface area contributed by atoms with Crippen LogP contribution in [0.5, 0.6) is 5.75 Å². The van der Waals surface area contributed by atoms with Crippen LogP contribution in [0.3, 0.4) is 0 Å². The van der Waals surface area contributed by atoms with E-state index in [1.54, 1.807) is 7.11 Å². The molecule has 0 spiro atoms. The van der Waals surface area contributed by atoms with Gasteiger partial charge in [0.25, 0.3) is 0 Å². The zero-order valence-electron chi connectivity index (χ0n) is 14.5. The summed E-state index contributed by atoms with van der Waals surface area (Å²) in [4.78, 5) is 0. The van der Waals surface area contributed by atoms with E-state index in [0.717, 1.165) is 30.7 Å². The van der Waals surface area contributed by atoms with Gasteiger partial charge in [-0.25, -0.2) is 0 Å². The minimum absolute atomic E-state index is 0.255. The van der Waals surface area contributed by atoms with Gasteiger partial charge >= 0.3 is 0 Å². The van der Waals surface area contributed by atoms with Crippen molar-refractivity contribution >= 4 is 23.0 Å². The first kappa shape index (κ1) is 16.8. The molecule has 3 rings (SSSR count). The van der Waals surface area contributed by atoms with Crippen molar-refractivity contribution in [1.82, 2.24) is 5.32 Å². The third-order valence-corrected chi connectivity index (χ3v) is 4.67. The van der Waals surface area contributed by atoms with Gasteiger partial charge in [0.15, 0.2) is 5.11 Å². The predicted octanol–water partition coefficient (Wildman–Crippen LogP) is 4.68. The SMILES string of the molecule is COc1ccc2c(c1)CCC[C@@H]2NC(=S)Nc1cc(C)cc(C)c1. The number of rotatable bonds is 3. The maximum atomic E-state index is 5.53. The van der Waals surface area contributed by atoms with Crippen LogP contribution in [0, 0.1) is 13.8 Å². The summed E-state index contributed by atoms with van der Waals surface area (Å²) in [5.74, 6) is 0.922. The van der Waals surface area contributed by atoms with E-state index in [-0.39, 0.29) is 6.04 Å². The predicted molar refractivity (Wildman–Crippen MR) is 104 cm³/mol. The number of nitrogens with one attached hydrogen (secondary N) is 2. The summed E-state index contributed by atoms with van der Waals surface area (Å²) in [5, 5.41) is 7.47. The van der Waals surface area contributed by atoms with E-state index >= 15 is 0 Å². The second-order valence-electron chi connectivity index (χ2n) is 6.48. The Balaban J connectivity index is 1.71. The van der Waals surface area contributed by atoms with Crippen molar-refractivity contribution in [2.75, 3.05) is 12.4 Å². The first-order chi connectivity index (χ1) is 11.5. The van der Waals surface area contributed by atoms with Crippen molar-refractivity contribution in [2.24, 2.45) is 0 Å². The maximum absolute atomic E-state index is 5.53. The van der Waals surface area contributed by atoms with Crippen molar-refractivity contribution in [2.45, 2.75) is 39.2 Å². The molecule has 2 aromatic rings. The lowest BCUT2D eigenvalue weighted by Crippen LogP contribution is -2.34. The van der Waals surface area contributed by atoms with Crippen LogP contribution in [0.1, 0.15) is 41.1 Å². The minimum Gasteiger partial charge on any atom is -0.497 e. The Labute approximate surface area is 149 Å². The summed E-state index contributed by atoms with van der Waals surface area (Å²) < 4.78 is 5.34. The lowest BCUT2D eigenvalue weighted by atomic mass is 9.87. The Hall–Kier alpha value is -2.07. The molecule has 1 aliphatic carbocycles. The van der Waals surface area contributed by atoms with Crippen LogP contribution < -0.4 is 15.4 Å². The quantitative estimate of drug-likeness (QED) is 0.795. The average molecular weight is 340 g/mol. The van der Waals surface area contributed by atoms with E-state index in [9.17, 15) is 0 Å². The molecule has 4 heteroatoms. The first-order valence-corrected chi connectivity index (χ1v) is 8.78. The van der Waals surface area contributed by atoms with Crippen molar-refractivity contribution < 1.29 is 4.74 Å². The van der Waals surface area contributed by atoms with Crippen LogP contribution in [0.4, 0.5) is 5.69 Å². The molecular weight excluding hydrogens is 316 g/mol. The number of thiocarbonyl (C=S) groups is 1. The molecule has 0 amide bonds. The molecule has 0 heterocycles. The van der Waals surface area contributed by atoms with Crippen LogP contribution in [-0.4, -0.2) is 12.2 Å². The average Bonchev–Trinajstić information content (AvgIpc) is 2.53. The Bertz CT molecular complexity index is 737. The molecule has 126 valence electrons. The van der Waals surface area contributed by atoms with Crippen LogP contribution in [-0.2, 0) is 6.42 Å². The molecule has 2 aromatic carbocycles. The highest BCUT2D eigenvalue weighted by molar-refractivity contribution is 7.80. The van der Waals surface area contributed by atoms with Crippen molar-refractivity contribution in [3.8, 4) is 5.75 Å². The molecule has 3 nitrogen and oxygen atoms in total. The van der Waals surface area contributed by atoms with E-state index in [4.69, 9.17) is 17.0 Å². The van der Waals surface area contributed by atoms with Gasteiger partial charge < -0.3 is 15.4 Å². The molecule has 0 saturated heterocycles. The molecule has 0 unspecified atom stereocenters. The molecule has 2 N–H and O–H groups in total. The third kappa shape index (κ3) is 3.88. The summed E-state index contributed by atoms with van der Waals surface area (Å²) in [6.07, 6.45) is 3.35. The number of hydrogen-bond acceptors (Lipinski definition) is 2. The number of methoxy groups -OCH3 is 1. The van der Waals surface area contributed by atoms with Crippen LogP contribution >= 0.6 is 12.2 Å². The van der Waals surface area contributed by atoms with Gasteiger partial charge in [-0.2, -0.15) is 0 Å². The number of anilines is 1. The fourth-order valence-electron chi connectivity index (χ4n) is 3.44. The van der Waals surface area contributed by atoms with Crippen molar-refractivity contribution in [3.05, 3.63) is 58.7 Å². The number of fused-ring (bicyclic) bond motifs is 1. The fourth-order valence-corrected chi connectivity index (χ4v) is 3.70. The molecular formula is C20H24N2OS. The molecule has 1 atom stereocenters. The Morgan fingerprint density at radius 2 is 1.88 bits per heavy atom. The van der Waals surface area contributed by atoms with Crippen LogP contribution in [0.25, 0.3) is 0 Å². The zero-order chi connectivity index (χ0) is 17.1. The summed E-state index contributed by atoms with van der Waals surface area (Å²) >= 11 is 5.53. The second-order valence-corrected chi connectivity index (χ2v) is 6.89. The van der Waals surface area contributed by atoms with Gasteiger partial charge in [-0.3, -0.25) is 0 Å². The second kappa shape index (κ2) is 7.22. The van der Waals surface area contributed by atoms with Gasteiger partial charge in [-0.15, -0.1) is 0 Å². The smallest absolute Gasteiger partial charge is 0.171 e. The molecule has 0 aliphatic heterocycles. The highest BCUT2D eigenvalue weighted by atomic mass is 32.1. The lowest BCUT2D eigenvalue weighted by molar-refractivity contribution is 0.412. The molecule has 0 bridgehead atoms. The number of ether oxygens (including phenoxy) is 1. The number of aryl methyl sites for hydroxylation is 3. The normalized spacial score (nSPS) is 16.2. The van der Waals surface area contributed by atoms with Crippen molar-refractivity contribution in [3.63, 3.8) is 0 Å². The largest absolute Gasteiger partial charge is 0.497 e. The summed E-state index contributed by atoms with van der Waals surface area (Å²) in [6, 6.07) is 13.0. The van der Waals surface area contributed by atoms with E-state index < -0.39 is 0 Å². The fraction of sp³-hybridized carbons (Fsp3) is 0.350. The van der Waals surface area contributed by atoms with Crippen LogP contribution in [0.15, 0.2) is 36.4 Å². The zero-order valence-corrected chi connectivity index (χ0v) is 15.3. The monoisotopic (exact) mass is 340 g/mol. The minimum atomic E-state index is 0.255. The van der Waals surface area contributed by atoms with E-state index in [0.29, 0.717) is 5.11 Å². The highest BCUT2D eigenvalue weighted by Crippen LogP contribution is 2.32. The summed E-state index contributed by atoms with van der Waals surface area (Å²) in [5.41, 5.74) is 6.18. The lowest BCUT2D eigenvalue weighted by Gasteiger charge is -2.28. The molecule has 0 aromatic heterocycles. The van der Waals surface area contributed by atoms with E-state index in [1.807, 2.05) is 6.07 Å². The summed E-state index contributed by atoms with van der Waals surface area (Å²) in [7, 11) is 1.71. The van der Waals surface area contributed by atoms with Crippen molar-refractivity contribution in [1.29, 1.82) is 0 Å². The summed E-state index contributed by atoms with van der Waals surface area (Å²) in [6.45, 7) is 4.19. The Morgan fingerprint density at radius 1 is 1.12 bits per heavy atom. The molecule has 0 radical (unpaired) electrons. The molecule has 1 aliphatic rings. The number of benzene rings is 2. The Kier molecular flexibility index (Phi) is 5.05. The van der Waals surface area contributed by atoms with Gasteiger partial charge in [0.2, 0.25) is 0 Å². The maximum Gasteiger partial charge on any atom is 0.171 e. The van der Waals surface area contributed by atoms with Gasteiger partial charge in [-0.1, -0.05) is 12.1 Å². The molecule has 0 fully saturated rings. The van der Waals surface area contributed by atoms with E-state index in [2.05, 4.69) is 54.8 Å². The van der Waals surface area contributed by atoms with Crippen LogP contribution in [0.2, 0.25) is 0 Å². The Morgan fingerprint density at radius 3 is 2.58 bits per heavy atom. The van der Waals surface area contributed by atoms with E-state index in [1.165, 1.54) is 22.3 Å². The standard InChI is InChI=1S/C20H24N2OS/c1-13-9-14(2)11-16(10-13)21-20(24)22-19-6-4-5-15-12-17(23-3)7-8-18(15)19/h7-12,19H,4-6H2,1-3H3,(H2,21,22,24)/t19-/m0/s1. The van der Waals surface area contributed by atoms with Gasteiger partial charge in [0, 0.05) is 5.69 Å². The topological polar surface area (TPSA) is 33.3 Å². The highest BCUT2D eigenvalue weighted by Gasteiger charge is 2.21. The van der Waals surface area contributed by atoms with Gasteiger partial charge in [0.1, 0.15) is 5.75 Å². The first-order valence-electron chi connectivity index (χ1n) is 8.38. The molecule has 24 heavy (non-hydrogen) atoms.